The highest BCUT2D eigenvalue weighted by Gasteiger charge is 2.18. The maximum Gasteiger partial charge on any atom is 0.251 e. The minimum atomic E-state index is 0.0576. The Morgan fingerprint density at radius 3 is 2.53 bits per heavy atom. The maximum atomic E-state index is 12.2. The molecule has 1 aliphatic carbocycles. The number of anilines is 1. The van der Waals surface area contributed by atoms with Crippen LogP contribution in [0.4, 0.5) is 5.69 Å². The van der Waals surface area contributed by atoms with Crippen LogP contribution >= 0.6 is 0 Å². The summed E-state index contributed by atoms with van der Waals surface area (Å²) in [5.74, 6) is 0.860. The number of nitrogens with one attached hydrogen (secondary N) is 2. The quantitative estimate of drug-likeness (QED) is 0.818. The zero-order chi connectivity index (χ0) is 13.7. The average Bonchev–Trinajstić information content (AvgIpc) is 2.64. The zero-order valence-corrected chi connectivity index (χ0v) is 11.9. The number of benzene rings is 1. The Bertz CT molecular complexity index is 413. The first-order valence-electron chi connectivity index (χ1n) is 7.27. The fraction of sp³-hybridized carbons (Fsp3) is 0.562. The van der Waals surface area contributed by atoms with Crippen LogP contribution in [0.3, 0.4) is 0 Å². The molecule has 3 heteroatoms. The number of hydrogen-bond donors (Lipinski definition) is 2. The van der Waals surface area contributed by atoms with Gasteiger partial charge >= 0.3 is 0 Å². The summed E-state index contributed by atoms with van der Waals surface area (Å²) in [5, 5.41) is 6.23. The van der Waals surface area contributed by atoms with Crippen molar-refractivity contribution in [2.24, 2.45) is 5.92 Å². The Hall–Kier alpha value is -1.51. The summed E-state index contributed by atoms with van der Waals surface area (Å²) in [4.78, 5) is 12.2. The minimum Gasteiger partial charge on any atom is -0.388 e. The molecule has 0 radical (unpaired) electrons. The molecule has 2 atom stereocenters. The van der Waals surface area contributed by atoms with Gasteiger partial charge in [-0.25, -0.2) is 0 Å². The molecule has 0 aliphatic heterocycles. The maximum absolute atomic E-state index is 12.2. The van der Waals surface area contributed by atoms with Gasteiger partial charge in [0.25, 0.3) is 5.91 Å². The third-order valence-electron chi connectivity index (χ3n) is 4.03. The standard InChI is InChI=1S/C16H24N2O/c1-12-4-3-5-15(9-6-12)18-16(19)13-7-10-14(17-2)11-8-13/h7-8,10-12,15,17H,3-6,9H2,1-2H3,(H,18,19). The largest absolute Gasteiger partial charge is 0.388 e. The van der Waals surface area contributed by atoms with Crippen molar-refractivity contribution in [3.63, 3.8) is 0 Å². The van der Waals surface area contributed by atoms with E-state index in [0.717, 1.165) is 30.0 Å². The van der Waals surface area contributed by atoms with Gasteiger partial charge in [-0.1, -0.05) is 19.8 Å². The van der Waals surface area contributed by atoms with E-state index in [9.17, 15) is 4.79 Å². The van der Waals surface area contributed by atoms with Crippen LogP contribution in [0.5, 0.6) is 0 Å². The smallest absolute Gasteiger partial charge is 0.251 e. The van der Waals surface area contributed by atoms with E-state index in [-0.39, 0.29) is 5.91 Å². The lowest BCUT2D eigenvalue weighted by Crippen LogP contribution is -2.34. The second-order valence-electron chi connectivity index (χ2n) is 5.61. The van der Waals surface area contributed by atoms with E-state index in [1.165, 1.54) is 19.3 Å². The molecule has 1 aromatic carbocycles. The van der Waals surface area contributed by atoms with Crippen molar-refractivity contribution in [3.05, 3.63) is 29.8 Å². The highest BCUT2D eigenvalue weighted by Crippen LogP contribution is 2.22. The lowest BCUT2D eigenvalue weighted by atomic mass is 10.0. The number of carbonyl (C=O) groups excluding carboxylic acids is 1. The third-order valence-corrected chi connectivity index (χ3v) is 4.03. The lowest BCUT2D eigenvalue weighted by Gasteiger charge is -2.16. The predicted octanol–water partition coefficient (Wildman–Crippen LogP) is 3.43. The zero-order valence-electron chi connectivity index (χ0n) is 11.9. The Kier molecular flexibility index (Phi) is 4.83. The molecule has 1 fully saturated rings. The van der Waals surface area contributed by atoms with Crippen molar-refractivity contribution in [1.82, 2.24) is 5.32 Å². The summed E-state index contributed by atoms with van der Waals surface area (Å²) in [6.45, 7) is 2.31. The number of rotatable bonds is 3. The molecule has 3 nitrogen and oxygen atoms in total. The first-order chi connectivity index (χ1) is 9.19. The fourth-order valence-electron chi connectivity index (χ4n) is 2.69. The van der Waals surface area contributed by atoms with Gasteiger partial charge in [0.1, 0.15) is 0 Å². The predicted molar refractivity (Wildman–Crippen MR) is 79.5 cm³/mol. The summed E-state index contributed by atoms with van der Waals surface area (Å²) >= 11 is 0. The molecular formula is C16H24N2O. The van der Waals surface area contributed by atoms with Crippen LogP contribution in [0.25, 0.3) is 0 Å². The van der Waals surface area contributed by atoms with Gasteiger partial charge in [0.2, 0.25) is 0 Å². The fourth-order valence-corrected chi connectivity index (χ4v) is 2.69. The monoisotopic (exact) mass is 260 g/mol. The molecule has 2 unspecified atom stereocenters. The van der Waals surface area contributed by atoms with Gasteiger partial charge in [0.15, 0.2) is 0 Å². The SMILES string of the molecule is CNc1ccc(C(=O)NC2CCCC(C)CC2)cc1. The summed E-state index contributed by atoms with van der Waals surface area (Å²) < 4.78 is 0. The Balaban J connectivity index is 1.92. The molecule has 0 heterocycles. The van der Waals surface area contributed by atoms with Crippen LogP contribution in [0.1, 0.15) is 49.4 Å². The molecule has 19 heavy (non-hydrogen) atoms. The highest BCUT2D eigenvalue weighted by molar-refractivity contribution is 5.94. The van der Waals surface area contributed by atoms with E-state index in [0.29, 0.717) is 6.04 Å². The molecule has 0 aromatic heterocycles. The number of amides is 1. The molecule has 0 bridgehead atoms. The van der Waals surface area contributed by atoms with E-state index in [1.807, 2.05) is 31.3 Å². The van der Waals surface area contributed by atoms with Crippen molar-refractivity contribution in [2.75, 3.05) is 12.4 Å². The van der Waals surface area contributed by atoms with Gasteiger partial charge in [-0.05, 0) is 49.4 Å². The molecular weight excluding hydrogens is 236 g/mol. The van der Waals surface area contributed by atoms with Gasteiger partial charge < -0.3 is 10.6 Å². The van der Waals surface area contributed by atoms with Crippen molar-refractivity contribution in [3.8, 4) is 0 Å². The molecule has 2 N–H and O–H groups in total. The van der Waals surface area contributed by atoms with Crippen LogP contribution in [0.2, 0.25) is 0 Å². The molecule has 1 amide bonds. The topological polar surface area (TPSA) is 41.1 Å². The summed E-state index contributed by atoms with van der Waals surface area (Å²) in [5.41, 5.74) is 1.77. The highest BCUT2D eigenvalue weighted by atomic mass is 16.1. The van der Waals surface area contributed by atoms with E-state index < -0.39 is 0 Å². The van der Waals surface area contributed by atoms with Gasteiger partial charge in [0.05, 0.1) is 0 Å². The molecule has 1 saturated carbocycles. The average molecular weight is 260 g/mol. The Morgan fingerprint density at radius 2 is 1.84 bits per heavy atom. The van der Waals surface area contributed by atoms with Gasteiger partial charge in [-0.3, -0.25) is 4.79 Å². The van der Waals surface area contributed by atoms with Gasteiger partial charge in [-0.15, -0.1) is 0 Å². The molecule has 0 spiro atoms. The summed E-state index contributed by atoms with van der Waals surface area (Å²) in [6, 6.07) is 7.97. The number of carbonyl (C=O) groups is 1. The Morgan fingerprint density at radius 1 is 1.11 bits per heavy atom. The van der Waals surface area contributed by atoms with E-state index >= 15 is 0 Å². The molecule has 1 aliphatic rings. The van der Waals surface area contributed by atoms with Crippen LogP contribution in [0.15, 0.2) is 24.3 Å². The normalized spacial score (nSPS) is 23.5. The molecule has 0 saturated heterocycles. The summed E-state index contributed by atoms with van der Waals surface area (Å²) in [7, 11) is 1.88. The van der Waals surface area contributed by atoms with Crippen LogP contribution < -0.4 is 10.6 Å². The second-order valence-corrected chi connectivity index (χ2v) is 5.61. The first-order valence-corrected chi connectivity index (χ1v) is 7.27. The van der Waals surface area contributed by atoms with Gasteiger partial charge in [0, 0.05) is 24.3 Å². The van der Waals surface area contributed by atoms with E-state index in [4.69, 9.17) is 0 Å². The van der Waals surface area contributed by atoms with Crippen LogP contribution in [-0.4, -0.2) is 19.0 Å². The Labute approximate surface area is 115 Å². The van der Waals surface area contributed by atoms with Crippen LogP contribution in [-0.2, 0) is 0 Å². The minimum absolute atomic E-state index is 0.0576. The van der Waals surface area contributed by atoms with E-state index in [1.54, 1.807) is 0 Å². The van der Waals surface area contributed by atoms with Crippen molar-refractivity contribution >= 4 is 11.6 Å². The third kappa shape index (κ3) is 3.98. The van der Waals surface area contributed by atoms with Crippen molar-refractivity contribution < 1.29 is 4.79 Å². The second kappa shape index (κ2) is 6.60. The summed E-state index contributed by atoms with van der Waals surface area (Å²) in [6.07, 6.45) is 5.98. The molecule has 104 valence electrons. The lowest BCUT2D eigenvalue weighted by molar-refractivity contribution is 0.0933. The van der Waals surface area contributed by atoms with Crippen LogP contribution in [0, 0.1) is 5.92 Å². The first kappa shape index (κ1) is 13.9. The number of hydrogen-bond acceptors (Lipinski definition) is 2. The van der Waals surface area contributed by atoms with Gasteiger partial charge in [-0.2, -0.15) is 0 Å². The van der Waals surface area contributed by atoms with E-state index in [2.05, 4.69) is 17.6 Å². The van der Waals surface area contributed by atoms with Crippen molar-refractivity contribution in [2.45, 2.75) is 45.1 Å². The van der Waals surface area contributed by atoms with Crippen molar-refractivity contribution in [1.29, 1.82) is 0 Å². The molecule has 1 aromatic rings. The molecule has 2 rings (SSSR count).